The maximum Gasteiger partial charge on any atom is 0.325 e. The number of hydrogen-bond donors (Lipinski definition) is 0. The van der Waals surface area contributed by atoms with E-state index in [1.807, 2.05) is 56.1 Å². The minimum atomic E-state index is -0.182. The molecule has 0 N–H and O–H groups in total. The van der Waals surface area contributed by atoms with Gasteiger partial charge in [-0.15, -0.1) is 15.3 Å². The van der Waals surface area contributed by atoms with Crippen molar-refractivity contribution >= 4 is 34.8 Å². The van der Waals surface area contributed by atoms with Gasteiger partial charge in [0.15, 0.2) is 5.65 Å². The summed E-state index contributed by atoms with van der Waals surface area (Å²) in [5.41, 5.74) is 6.70. The molecule has 1 unspecified atom stereocenters. The Morgan fingerprint density at radius 1 is 0.933 bits per heavy atom. The number of carbonyl (C=O) groups is 1. The lowest BCUT2D eigenvalue weighted by Gasteiger charge is -2.42. The summed E-state index contributed by atoms with van der Waals surface area (Å²) in [6, 6.07) is 20.4. The van der Waals surface area contributed by atoms with Crippen LogP contribution in [0.2, 0.25) is 5.28 Å². The highest BCUT2D eigenvalue weighted by Crippen LogP contribution is 2.42. The van der Waals surface area contributed by atoms with Crippen LogP contribution in [0.15, 0.2) is 65.2 Å². The first-order chi connectivity index (χ1) is 21.9. The van der Waals surface area contributed by atoms with Crippen LogP contribution in [-0.4, -0.2) is 87.1 Å². The Morgan fingerprint density at radius 2 is 1.71 bits per heavy atom. The first kappa shape index (κ1) is 29.2. The third kappa shape index (κ3) is 5.51. The van der Waals surface area contributed by atoms with Gasteiger partial charge in [0.1, 0.15) is 11.6 Å². The van der Waals surface area contributed by atoms with Crippen molar-refractivity contribution in [2.75, 3.05) is 56.1 Å². The highest BCUT2D eigenvalue weighted by Gasteiger charge is 2.37. The number of nitrogens with zero attached hydrogens (tertiary/aromatic N) is 9. The minimum absolute atomic E-state index is 0.0210. The molecule has 1 atom stereocenters. The number of anilines is 2. The molecule has 2 aliphatic rings. The second kappa shape index (κ2) is 12.1. The number of hydrogen-bond acceptors (Lipinski definition) is 8. The van der Waals surface area contributed by atoms with Gasteiger partial charge in [0.05, 0.1) is 17.4 Å². The fourth-order valence-corrected chi connectivity index (χ4v) is 6.83. The monoisotopic (exact) mass is 625 g/mol. The van der Waals surface area contributed by atoms with Crippen LogP contribution in [0.3, 0.4) is 0 Å². The summed E-state index contributed by atoms with van der Waals surface area (Å²) in [4.78, 5) is 22.4. The van der Waals surface area contributed by atoms with Crippen molar-refractivity contribution in [2.24, 2.45) is 0 Å². The lowest BCUT2D eigenvalue weighted by molar-refractivity contribution is 0.183. The zero-order chi connectivity index (χ0) is 31.1. The number of rotatable bonds is 8. The number of aromatic nitrogens is 5. The highest BCUT2D eigenvalue weighted by atomic mass is 35.5. The van der Waals surface area contributed by atoms with Crippen molar-refractivity contribution in [1.29, 1.82) is 0 Å². The molecule has 0 radical (unpaired) electrons. The smallest absolute Gasteiger partial charge is 0.325 e. The zero-order valence-corrected chi connectivity index (χ0v) is 26.5. The fraction of sp³-hybridized carbons (Fsp3) is 0.364. The summed E-state index contributed by atoms with van der Waals surface area (Å²) in [5, 5.41) is 17.0. The maximum atomic E-state index is 13.8. The van der Waals surface area contributed by atoms with Crippen LogP contribution in [-0.2, 0) is 0 Å². The average Bonchev–Trinajstić information content (AvgIpc) is 3.61. The molecular weight excluding hydrogens is 590 g/mol. The van der Waals surface area contributed by atoms with Crippen molar-refractivity contribution < 1.29 is 9.32 Å². The SMILES string of the molecule is Cc1noc(C)c1-c1ccc2c(c1)C(c1ccccc1)N(CCCCN1CCN(c3ccc4nnc(Cl)n4n3)CC1)C(=O)N2C. The van der Waals surface area contributed by atoms with Crippen molar-refractivity contribution in [3.05, 3.63) is 88.5 Å². The fourth-order valence-electron chi connectivity index (χ4n) is 6.66. The summed E-state index contributed by atoms with van der Waals surface area (Å²) >= 11 is 6.13. The van der Waals surface area contributed by atoms with E-state index >= 15 is 0 Å². The molecule has 5 aromatic rings. The molecule has 1 saturated heterocycles. The lowest BCUT2D eigenvalue weighted by Crippen LogP contribution is -2.49. The number of amides is 2. The van der Waals surface area contributed by atoms with Crippen LogP contribution in [0.5, 0.6) is 0 Å². The van der Waals surface area contributed by atoms with Crippen molar-refractivity contribution in [3.8, 4) is 11.1 Å². The van der Waals surface area contributed by atoms with Crippen molar-refractivity contribution in [3.63, 3.8) is 0 Å². The van der Waals surface area contributed by atoms with E-state index in [1.165, 1.54) is 0 Å². The summed E-state index contributed by atoms with van der Waals surface area (Å²) in [6.45, 7) is 9.22. The van der Waals surface area contributed by atoms with E-state index in [0.717, 1.165) is 90.8 Å². The third-order valence-corrected chi connectivity index (χ3v) is 9.23. The van der Waals surface area contributed by atoms with E-state index in [-0.39, 0.29) is 17.4 Å². The molecule has 2 aromatic carbocycles. The van der Waals surface area contributed by atoms with Gasteiger partial charge < -0.3 is 14.3 Å². The number of fused-ring (bicyclic) bond motifs is 2. The molecule has 0 spiro atoms. The Labute approximate surface area is 267 Å². The molecule has 45 heavy (non-hydrogen) atoms. The number of piperazine rings is 1. The first-order valence-corrected chi connectivity index (χ1v) is 15.8. The molecule has 3 aromatic heterocycles. The predicted octanol–water partition coefficient (Wildman–Crippen LogP) is 5.61. The summed E-state index contributed by atoms with van der Waals surface area (Å²) in [6.07, 6.45) is 1.91. The molecule has 232 valence electrons. The van der Waals surface area contributed by atoms with Gasteiger partial charge in [-0.3, -0.25) is 9.80 Å². The van der Waals surface area contributed by atoms with E-state index in [0.29, 0.717) is 12.2 Å². The first-order valence-electron chi connectivity index (χ1n) is 15.4. The van der Waals surface area contributed by atoms with Crippen LogP contribution in [0.25, 0.3) is 16.8 Å². The molecule has 11 nitrogen and oxygen atoms in total. The van der Waals surface area contributed by atoms with Crippen molar-refractivity contribution in [2.45, 2.75) is 32.7 Å². The van der Waals surface area contributed by atoms with Gasteiger partial charge in [0, 0.05) is 50.9 Å². The van der Waals surface area contributed by atoms with Gasteiger partial charge in [-0.2, -0.15) is 4.52 Å². The second-order valence-electron chi connectivity index (χ2n) is 11.8. The average molecular weight is 626 g/mol. The zero-order valence-electron chi connectivity index (χ0n) is 25.7. The van der Waals surface area contributed by atoms with Crippen LogP contribution >= 0.6 is 11.6 Å². The molecule has 2 aliphatic heterocycles. The standard InChI is InChI=1S/C33H36ClN9O2/c1-22-30(23(2)45-38-22)25-11-12-27-26(21-25)31(24-9-5-4-6-10-24)42(33(44)39(27)3)16-8-7-15-40-17-19-41(20-18-40)29-14-13-28-35-36-32(34)43(28)37-29/h4-6,9-14,21,31H,7-8,15-20H2,1-3H3. The number of urea groups is 1. The topological polar surface area (TPSA) is 99.1 Å². The van der Waals surface area contributed by atoms with E-state index in [4.69, 9.17) is 16.1 Å². The van der Waals surface area contributed by atoms with Gasteiger partial charge in [0.25, 0.3) is 0 Å². The Kier molecular flexibility index (Phi) is 7.88. The molecule has 1 fully saturated rings. The molecule has 0 bridgehead atoms. The number of benzene rings is 2. The van der Waals surface area contributed by atoms with Gasteiger partial charge in [-0.05, 0) is 80.2 Å². The largest absolute Gasteiger partial charge is 0.361 e. The molecule has 12 heteroatoms. The van der Waals surface area contributed by atoms with Gasteiger partial charge in [-0.25, -0.2) is 4.79 Å². The molecule has 2 amide bonds. The van der Waals surface area contributed by atoms with Crippen LogP contribution in [0.1, 0.15) is 41.5 Å². The molecule has 0 saturated carbocycles. The Hall–Kier alpha value is -4.48. The lowest BCUT2D eigenvalue weighted by atomic mass is 9.90. The summed E-state index contributed by atoms with van der Waals surface area (Å²) in [7, 11) is 1.87. The van der Waals surface area contributed by atoms with E-state index in [9.17, 15) is 4.79 Å². The second-order valence-corrected chi connectivity index (χ2v) is 12.1. The van der Waals surface area contributed by atoms with Crippen LogP contribution < -0.4 is 9.80 Å². The van der Waals surface area contributed by atoms with E-state index < -0.39 is 0 Å². The highest BCUT2D eigenvalue weighted by molar-refractivity contribution is 6.28. The number of halogens is 1. The summed E-state index contributed by atoms with van der Waals surface area (Å²) in [5.74, 6) is 1.67. The van der Waals surface area contributed by atoms with E-state index in [1.54, 1.807) is 9.42 Å². The Balaban J connectivity index is 1.03. The quantitative estimate of drug-likeness (QED) is 0.205. The Morgan fingerprint density at radius 3 is 2.47 bits per heavy atom. The van der Waals surface area contributed by atoms with Gasteiger partial charge in [0.2, 0.25) is 5.28 Å². The summed E-state index contributed by atoms with van der Waals surface area (Å²) < 4.78 is 7.05. The van der Waals surface area contributed by atoms with Gasteiger partial charge >= 0.3 is 6.03 Å². The van der Waals surface area contributed by atoms with Crippen LogP contribution in [0, 0.1) is 13.8 Å². The minimum Gasteiger partial charge on any atom is -0.361 e. The maximum absolute atomic E-state index is 13.8. The molecule has 5 heterocycles. The molecule has 0 aliphatic carbocycles. The predicted molar refractivity (Wildman–Crippen MR) is 174 cm³/mol. The van der Waals surface area contributed by atoms with Crippen molar-refractivity contribution in [1.82, 2.24) is 34.8 Å². The molecular formula is C33H36ClN9O2. The Bertz CT molecular complexity index is 1810. The number of unbranched alkanes of at least 4 members (excludes halogenated alkanes) is 1. The van der Waals surface area contributed by atoms with Crippen LogP contribution in [0.4, 0.5) is 16.3 Å². The normalized spacial score (nSPS) is 17.4. The number of carbonyl (C=O) groups excluding carboxylic acids is 1. The number of aryl methyl sites for hydroxylation is 2. The van der Waals surface area contributed by atoms with E-state index in [2.05, 4.69) is 60.6 Å². The molecule has 7 rings (SSSR count). The third-order valence-electron chi connectivity index (χ3n) is 9.00. The van der Waals surface area contributed by atoms with Gasteiger partial charge in [-0.1, -0.05) is 41.6 Å².